The highest BCUT2D eigenvalue weighted by molar-refractivity contribution is 6.37. The van der Waals surface area contributed by atoms with Crippen LogP contribution >= 0.6 is 23.2 Å². The number of rotatable bonds is 5. The molecule has 1 aromatic carbocycles. The molecule has 0 saturated heterocycles. The van der Waals surface area contributed by atoms with Crippen molar-refractivity contribution in [2.75, 3.05) is 6.54 Å². The summed E-state index contributed by atoms with van der Waals surface area (Å²) in [6.07, 6.45) is 1.79. The molecule has 1 rings (SSSR count). The lowest BCUT2D eigenvalue weighted by Crippen LogP contribution is -2.35. The van der Waals surface area contributed by atoms with E-state index < -0.39 is 12.1 Å². The fourth-order valence-electron chi connectivity index (χ4n) is 1.41. The van der Waals surface area contributed by atoms with E-state index in [4.69, 9.17) is 27.9 Å². The van der Waals surface area contributed by atoms with Crippen LogP contribution in [0.2, 0.25) is 10.0 Å². The molecule has 1 N–H and O–H groups in total. The Morgan fingerprint density at radius 1 is 1.35 bits per heavy atom. The lowest BCUT2D eigenvalue weighted by atomic mass is 10.2. The smallest absolute Gasteiger partial charge is 0.331 e. The second-order valence-corrected chi connectivity index (χ2v) is 4.76. The third-order valence-corrected chi connectivity index (χ3v) is 3.06. The Morgan fingerprint density at radius 2 is 1.95 bits per heavy atom. The number of ether oxygens (including phenoxy) is 1. The molecule has 6 heteroatoms. The summed E-state index contributed by atoms with van der Waals surface area (Å²) in [6, 6.07) is 5.03. The number of benzene rings is 1. The summed E-state index contributed by atoms with van der Waals surface area (Å²) in [6.45, 7) is 3.76. The normalized spacial score (nSPS) is 12.2. The molecular weight excluding hydrogens is 301 g/mol. The van der Waals surface area contributed by atoms with E-state index >= 15 is 0 Å². The van der Waals surface area contributed by atoms with Gasteiger partial charge in [0.1, 0.15) is 0 Å². The number of amides is 1. The number of esters is 1. The fraction of sp³-hybridized carbons (Fsp3) is 0.286. The van der Waals surface area contributed by atoms with Crippen molar-refractivity contribution in [3.8, 4) is 0 Å². The molecule has 0 saturated carbocycles. The number of carbonyl (C=O) groups is 2. The van der Waals surface area contributed by atoms with E-state index in [0.29, 0.717) is 22.2 Å². The molecule has 0 bridgehead atoms. The maximum absolute atomic E-state index is 11.6. The number of halogens is 2. The highest BCUT2D eigenvalue weighted by Gasteiger charge is 2.15. The summed E-state index contributed by atoms with van der Waals surface area (Å²) in [5.74, 6) is -0.982. The minimum atomic E-state index is -0.853. The molecule has 0 spiro atoms. The van der Waals surface area contributed by atoms with Crippen LogP contribution in [0.5, 0.6) is 0 Å². The zero-order valence-corrected chi connectivity index (χ0v) is 12.7. The Labute approximate surface area is 127 Å². The largest absolute Gasteiger partial charge is 0.449 e. The number of nitrogens with one attached hydrogen (secondary N) is 1. The van der Waals surface area contributed by atoms with Gasteiger partial charge in [0.2, 0.25) is 0 Å². The summed E-state index contributed by atoms with van der Waals surface area (Å²) in [7, 11) is 0. The predicted molar refractivity (Wildman–Crippen MR) is 79.7 cm³/mol. The van der Waals surface area contributed by atoms with Crippen molar-refractivity contribution in [1.82, 2.24) is 5.32 Å². The van der Waals surface area contributed by atoms with Crippen LogP contribution in [0.25, 0.3) is 6.08 Å². The van der Waals surface area contributed by atoms with Crippen LogP contribution in [-0.4, -0.2) is 24.5 Å². The number of likely N-dealkylation sites (N-methyl/N-ethyl adjacent to an activating group) is 1. The molecule has 1 atom stereocenters. The summed E-state index contributed by atoms with van der Waals surface area (Å²) in [4.78, 5) is 23.0. The Balaban J connectivity index is 2.67. The van der Waals surface area contributed by atoms with Crippen molar-refractivity contribution < 1.29 is 14.3 Å². The second-order valence-electron chi connectivity index (χ2n) is 3.94. The first-order valence-corrected chi connectivity index (χ1v) is 6.81. The van der Waals surface area contributed by atoms with E-state index in [1.165, 1.54) is 19.1 Å². The zero-order chi connectivity index (χ0) is 15.1. The van der Waals surface area contributed by atoms with E-state index in [-0.39, 0.29) is 5.91 Å². The van der Waals surface area contributed by atoms with Crippen molar-refractivity contribution >= 4 is 41.2 Å². The van der Waals surface area contributed by atoms with E-state index in [1.807, 2.05) is 0 Å². The summed E-state index contributed by atoms with van der Waals surface area (Å²) in [5, 5.41) is 3.42. The Morgan fingerprint density at radius 3 is 2.50 bits per heavy atom. The van der Waals surface area contributed by atoms with E-state index in [2.05, 4.69) is 5.32 Å². The highest BCUT2D eigenvalue weighted by atomic mass is 35.5. The standard InChI is InChI=1S/C14H15Cl2NO3/c1-3-17-14(19)9(2)20-13(18)8-7-10-11(15)5-4-6-12(10)16/h4-9H,3H2,1-2H3,(H,17,19)/b8-7+/t9-/m1/s1. The van der Waals surface area contributed by atoms with Gasteiger partial charge in [-0.3, -0.25) is 4.79 Å². The Hall–Kier alpha value is -1.52. The van der Waals surface area contributed by atoms with Gasteiger partial charge in [0.25, 0.3) is 5.91 Å². The Bertz CT molecular complexity index is 509. The average Bonchev–Trinajstić information content (AvgIpc) is 2.38. The van der Waals surface area contributed by atoms with E-state index in [0.717, 1.165) is 0 Å². The van der Waals surface area contributed by atoms with Crippen LogP contribution in [0.1, 0.15) is 19.4 Å². The molecule has 1 amide bonds. The molecule has 0 aliphatic carbocycles. The van der Waals surface area contributed by atoms with Crippen LogP contribution in [0, 0.1) is 0 Å². The summed E-state index contributed by atoms with van der Waals surface area (Å²) in [5.41, 5.74) is 0.526. The van der Waals surface area contributed by atoms with Gasteiger partial charge in [0.05, 0.1) is 0 Å². The third kappa shape index (κ3) is 4.87. The minimum absolute atomic E-state index is 0.343. The van der Waals surface area contributed by atoms with Gasteiger partial charge in [-0.15, -0.1) is 0 Å². The molecule has 4 nitrogen and oxygen atoms in total. The van der Waals surface area contributed by atoms with Gasteiger partial charge in [-0.1, -0.05) is 29.3 Å². The maximum Gasteiger partial charge on any atom is 0.331 e. The first-order valence-electron chi connectivity index (χ1n) is 6.06. The van der Waals surface area contributed by atoms with Gasteiger partial charge in [0, 0.05) is 28.2 Å². The minimum Gasteiger partial charge on any atom is -0.449 e. The first kappa shape index (κ1) is 16.5. The van der Waals surface area contributed by atoms with E-state index in [1.54, 1.807) is 25.1 Å². The van der Waals surface area contributed by atoms with Gasteiger partial charge in [-0.25, -0.2) is 4.79 Å². The van der Waals surface area contributed by atoms with Gasteiger partial charge in [0.15, 0.2) is 6.10 Å². The SMILES string of the molecule is CCNC(=O)[C@@H](C)OC(=O)/C=C/c1c(Cl)cccc1Cl. The molecule has 0 unspecified atom stereocenters. The number of carbonyl (C=O) groups excluding carboxylic acids is 2. The van der Waals surface area contributed by atoms with E-state index in [9.17, 15) is 9.59 Å². The molecule has 0 aromatic heterocycles. The molecule has 0 aliphatic rings. The van der Waals surface area contributed by atoms with Crippen LogP contribution in [0.4, 0.5) is 0 Å². The van der Waals surface area contributed by atoms with Crippen LogP contribution in [-0.2, 0) is 14.3 Å². The molecule has 1 aromatic rings. The maximum atomic E-state index is 11.6. The third-order valence-electron chi connectivity index (χ3n) is 2.40. The van der Waals surface area contributed by atoms with Gasteiger partial charge < -0.3 is 10.1 Å². The zero-order valence-electron chi connectivity index (χ0n) is 11.2. The van der Waals surface area contributed by atoms with Crippen molar-refractivity contribution in [1.29, 1.82) is 0 Å². The van der Waals surface area contributed by atoms with Crippen LogP contribution in [0.15, 0.2) is 24.3 Å². The predicted octanol–water partition coefficient (Wildman–Crippen LogP) is 3.07. The lowest BCUT2D eigenvalue weighted by molar-refractivity contribution is -0.150. The van der Waals surface area contributed by atoms with Crippen molar-refractivity contribution in [2.24, 2.45) is 0 Å². The monoisotopic (exact) mass is 315 g/mol. The topological polar surface area (TPSA) is 55.4 Å². The molecular formula is C14H15Cl2NO3. The Kier molecular flexibility index (Phi) is 6.55. The summed E-state index contributed by atoms with van der Waals surface area (Å²) >= 11 is 11.9. The molecule has 108 valence electrons. The number of hydrogen-bond acceptors (Lipinski definition) is 3. The van der Waals surface area contributed by atoms with Crippen LogP contribution < -0.4 is 5.32 Å². The highest BCUT2D eigenvalue weighted by Crippen LogP contribution is 2.25. The van der Waals surface area contributed by atoms with Crippen molar-refractivity contribution in [3.05, 3.63) is 39.9 Å². The van der Waals surface area contributed by atoms with Gasteiger partial charge in [-0.2, -0.15) is 0 Å². The summed E-state index contributed by atoms with van der Waals surface area (Å²) < 4.78 is 4.94. The number of hydrogen-bond donors (Lipinski definition) is 1. The lowest BCUT2D eigenvalue weighted by Gasteiger charge is -2.10. The quantitative estimate of drug-likeness (QED) is 0.671. The molecule has 0 fully saturated rings. The average molecular weight is 316 g/mol. The van der Waals surface area contributed by atoms with Crippen molar-refractivity contribution in [3.63, 3.8) is 0 Å². The van der Waals surface area contributed by atoms with Crippen LogP contribution in [0.3, 0.4) is 0 Å². The second kappa shape index (κ2) is 7.92. The first-order chi connectivity index (χ1) is 9.45. The fourth-order valence-corrected chi connectivity index (χ4v) is 1.93. The van der Waals surface area contributed by atoms with Crippen molar-refractivity contribution in [2.45, 2.75) is 20.0 Å². The molecule has 0 aliphatic heterocycles. The molecule has 20 heavy (non-hydrogen) atoms. The van der Waals surface area contributed by atoms with Gasteiger partial charge >= 0.3 is 5.97 Å². The van der Waals surface area contributed by atoms with Gasteiger partial charge in [-0.05, 0) is 32.1 Å². The molecule has 0 heterocycles. The molecule has 0 radical (unpaired) electrons.